The largest absolute Gasteiger partial charge is 0.394 e. The molecule has 3 N–H and O–H groups in total. The molecule has 0 radical (unpaired) electrons. The minimum Gasteiger partial charge on any atom is -0.394 e. The van der Waals surface area contributed by atoms with E-state index in [-0.39, 0.29) is 18.6 Å². The zero-order valence-electron chi connectivity index (χ0n) is 13.6. The van der Waals surface area contributed by atoms with Crippen LogP contribution in [0.25, 0.3) is 16.3 Å². The zero-order valence-corrected chi connectivity index (χ0v) is 14.4. The molecule has 6 nitrogen and oxygen atoms in total. The molecule has 1 atom stereocenters. The van der Waals surface area contributed by atoms with Gasteiger partial charge in [-0.25, -0.2) is 9.98 Å². The molecule has 3 rings (SSSR count). The van der Waals surface area contributed by atoms with Crippen LogP contribution < -0.4 is 10.6 Å². The molecule has 1 aliphatic rings. The first-order chi connectivity index (χ1) is 11.5. The highest BCUT2D eigenvalue weighted by Gasteiger charge is 2.22. The van der Waals surface area contributed by atoms with E-state index in [1.54, 1.807) is 22.9 Å². The summed E-state index contributed by atoms with van der Waals surface area (Å²) in [6.45, 7) is 4.16. The summed E-state index contributed by atoms with van der Waals surface area (Å²) < 4.78 is 1.07. The van der Waals surface area contributed by atoms with Gasteiger partial charge in [-0.3, -0.25) is 10.1 Å². The SMILES string of the molecule is CC(C)C[C@@H](CO)NC1=N/C(=C\c2ccc3ncsc3c2)C(=O)N1. The van der Waals surface area contributed by atoms with Crippen LogP contribution in [0, 0.1) is 5.92 Å². The van der Waals surface area contributed by atoms with Gasteiger partial charge in [0.25, 0.3) is 5.91 Å². The van der Waals surface area contributed by atoms with Crippen LogP contribution in [-0.4, -0.2) is 34.6 Å². The first-order valence-electron chi connectivity index (χ1n) is 7.87. The summed E-state index contributed by atoms with van der Waals surface area (Å²) in [6.07, 6.45) is 2.55. The first-order valence-corrected chi connectivity index (χ1v) is 8.75. The van der Waals surface area contributed by atoms with Crippen LogP contribution in [0.4, 0.5) is 0 Å². The molecule has 2 heterocycles. The van der Waals surface area contributed by atoms with E-state index >= 15 is 0 Å². The topological polar surface area (TPSA) is 86.6 Å². The number of nitrogens with zero attached hydrogens (tertiary/aromatic N) is 2. The highest BCUT2D eigenvalue weighted by Crippen LogP contribution is 2.21. The fourth-order valence-corrected chi connectivity index (χ4v) is 3.32. The highest BCUT2D eigenvalue weighted by molar-refractivity contribution is 7.16. The standard InChI is InChI=1S/C17H20N4O2S/c1-10(2)5-12(8-22)19-17-20-14(16(23)21-17)6-11-3-4-13-15(7-11)24-9-18-13/h3-4,6-7,9-10,12,22H,5,8H2,1-2H3,(H2,19,20,21,23)/b14-6-/t12-/m0/s1. The first kappa shape index (κ1) is 16.6. The summed E-state index contributed by atoms with van der Waals surface area (Å²) in [7, 11) is 0. The number of aliphatic hydroxyl groups excluding tert-OH is 1. The lowest BCUT2D eigenvalue weighted by Gasteiger charge is -2.18. The normalized spacial score (nSPS) is 17.4. The molecule has 1 aliphatic heterocycles. The third-order valence-electron chi connectivity index (χ3n) is 3.67. The van der Waals surface area contributed by atoms with Crippen molar-refractivity contribution in [1.29, 1.82) is 0 Å². The average molecular weight is 344 g/mol. The maximum absolute atomic E-state index is 12.1. The molecule has 7 heteroatoms. The van der Waals surface area contributed by atoms with Crippen LogP contribution in [0.1, 0.15) is 25.8 Å². The van der Waals surface area contributed by atoms with Crippen molar-refractivity contribution in [1.82, 2.24) is 15.6 Å². The zero-order chi connectivity index (χ0) is 17.1. The van der Waals surface area contributed by atoms with Gasteiger partial charge in [-0.1, -0.05) is 19.9 Å². The number of aliphatic hydroxyl groups is 1. The van der Waals surface area contributed by atoms with Crippen molar-refractivity contribution >= 4 is 39.5 Å². The van der Waals surface area contributed by atoms with Crippen LogP contribution in [0.15, 0.2) is 34.4 Å². The van der Waals surface area contributed by atoms with Gasteiger partial charge in [-0.05, 0) is 36.1 Å². The van der Waals surface area contributed by atoms with Crippen LogP contribution in [-0.2, 0) is 4.79 Å². The number of hydrogen-bond donors (Lipinski definition) is 3. The summed E-state index contributed by atoms with van der Waals surface area (Å²) in [5.74, 6) is 0.585. The number of aromatic nitrogens is 1. The van der Waals surface area contributed by atoms with E-state index < -0.39 is 0 Å². The third-order valence-corrected chi connectivity index (χ3v) is 4.46. The van der Waals surface area contributed by atoms with Gasteiger partial charge in [0.1, 0.15) is 5.70 Å². The summed E-state index contributed by atoms with van der Waals surface area (Å²) in [5, 5.41) is 15.2. The average Bonchev–Trinajstić information content (AvgIpc) is 3.12. The Labute approximate surface area is 144 Å². The molecule has 0 spiro atoms. The van der Waals surface area contributed by atoms with Crippen molar-refractivity contribution in [2.75, 3.05) is 6.61 Å². The van der Waals surface area contributed by atoms with Gasteiger partial charge in [0.05, 0.1) is 28.4 Å². The van der Waals surface area contributed by atoms with Crippen molar-refractivity contribution in [3.05, 3.63) is 35.0 Å². The Kier molecular flexibility index (Phi) is 4.92. The molecule has 2 aromatic rings. The number of carbonyl (C=O) groups is 1. The van der Waals surface area contributed by atoms with E-state index in [1.807, 2.05) is 18.2 Å². The van der Waals surface area contributed by atoms with Crippen molar-refractivity contribution in [2.24, 2.45) is 10.9 Å². The van der Waals surface area contributed by atoms with Crippen LogP contribution in [0.3, 0.4) is 0 Å². The van der Waals surface area contributed by atoms with Crippen molar-refractivity contribution in [3.8, 4) is 0 Å². The number of thiazole rings is 1. The van der Waals surface area contributed by atoms with Gasteiger partial charge in [-0.15, -0.1) is 11.3 Å². The molecule has 0 aliphatic carbocycles. The van der Waals surface area contributed by atoms with Crippen molar-refractivity contribution in [2.45, 2.75) is 26.3 Å². The predicted molar refractivity (Wildman–Crippen MR) is 96.6 cm³/mol. The van der Waals surface area contributed by atoms with Crippen molar-refractivity contribution in [3.63, 3.8) is 0 Å². The number of aliphatic imine (C=N–C) groups is 1. The fraction of sp³-hybridized carbons (Fsp3) is 0.353. The molecule has 1 aromatic heterocycles. The fourth-order valence-electron chi connectivity index (χ4n) is 2.60. The van der Waals surface area contributed by atoms with Gasteiger partial charge >= 0.3 is 0 Å². The van der Waals surface area contributed by atoms with E-state index in [2.05, 4.69) is 34.5 Å². The molecule has 1 aromatic carbocycles. The smallest absolute Gasteiger partial charge is 0.276 e. The number of carbonyl (C=O) groups excluding carboxylic acids is 1. The number of benzene rings is 1. The Morgan fingerprint density at radius 1 is 1.42 bits per heavy atom. The number of rotatable bonds is 5. The van der Waals surface area contributed by atoms with Gasteiger partial charge in [0.15, 0.2) is 0 Å². The number of fused-ring (bicyclic) bond motifs is 1. The van der Waals surface area contributed by atoms with Gasteiger partial charge in [0, 0.05) is 0 Å². The summed E-state index contributed by atoms with van der Waals surface area (Å²) in [4.78, 5) is 20.6. The Morgan fingerprint density at radius 3 is 3.00 bits per heavy atom. The van der Waals surface area contributed by atoms with Crippen LogP contribution in [0.2, 0.25) is 0 Å². The second-order valence-corrected chi connectivity index (χ2v) is 7.06. The van der Waals surface area contributed by atoms with E-state index in [0.29, 0.717) is 17.6 Å². The maximum atomic E-state index is 12.1. The third kappa shape index (κ3) is 3.80. The lowest BCUT2D eigenvalue weighted by Crippen LogP contribution is -2.44. The molecule has 1 amide bonds. The molecule has 0 unspecified atom stereocenters. The minimum absolute atomic E-state index is 0.00579. The molecule has 0 saturated carbocycles. The van der Waals surface area contributed by atoms with Crippen LogP contribution in [0.5, 0.6) is 0 Å². The van der Waals surface area contributed by atoms with Gasteiger partial charge in [0.2, 0.25) is 5.96 Å². The molecule has 0 saturated heterocycles. The molecular weight excluding hydrogens is 324 g/mol. The van der Waals surface area contributed by atoms with Gasteiger partial charge < -0.3 is 10.4 Å². The molecule has 0 bridgehead atoms. The van der Waals surface area contributed by atoms with Gasteiger partial charge in [-0.2, -0.15) is 0 Å². The van der Waals surface area contributed by atoms with E-state index in [1.165, 1.54) is 0 Å². The lowest BCUT2D eigenvalue weighted by atomic mass is 10.0. The van der Waals surface area contributed by atoms with Crippen molar-refractivity contribution < 1.29 is 9.90 Å². The molecule has 0 fully saturated rings. The molecular formula is C17H20N4O2S. The summed E-state index contributed by atoms with van der Waals surface area (Å²) >= 11 is 1.56. The molecule has 126 valence electrons. The minimum atomic E-state index is -0.247. The Bertz CT molecular complexity index is 810. The maximum Gasteiger partial charge on any atom is 0.276 e. The lowest BCUT2D eigenvalue weighted by molar-refractivity contribution is -0.115. The Morgan fingerprint density at radius 2 is 2.25 bits per heavy atom. The monoisotopic (exact) mass is 344 g/mol. The Hall–Kier alpha value is -2.25. The summed E-state index contributed by atoms with van der Waals surface area (Å²) in [6, 6.07) is 5.71. The molecule has 24 heavy (non-hydrogen) atoms. The highest BCUT2D eigenvalue weighted by atomic mass is 32.1. The predicted octanol–water partition coefficient (Wildman–Crippen LogP) is 2.12. The quantitative estimate of drug-likeness (QED) is 0.725. The van der Waals surface area contributed by atoms with E-state index in [9.17, 15) is 9.90 Å². The van der Waals surface area contributed by atoms with E-state index in [0.717, 1.165) is 22.2 Å². The number of amides is 1. The number of guanidine groups is 1. The second-order valence-electron chi connectivity index (χ2n) is 6.18. The second kappa shape index (κ2) is 7.11. The van der Waals surface area contributed by atoms with E-state index in [4.69, 9.17) is 0 Å². The summed E-state index contributed by atoms with van der Waals surface area (Å²) in [5.41, 5.74) is 4.00. The number of nitrogens with one attached hydrogen (secondary N) is 2. The Balaban J connectivity index is 1.77. The van der Waals surface area contributed by atoms with Crippen LogP contribution >= 0.6 is 11.3 Å². The number of hydrogen-bond acceptors (Lipinski definition) is 6.